The minimum absolute atomic E-state index is 0.0969. The van der Waals surface area contributed by atoms with Crippen molar-refractivity contribution in [2.45, 2.75) is 45.8 Å². The first-order valence-corrected chi connectivity index (χ1v) is 8.70. The molecule has 4 rings (SSSR count). The van der Waals surface area contributed by atoms with Crippen molar-refractivity contribution in [3.8, 4) is 0 Å². The highest BCUT2D eigenvalue weighted by Crippen LogP contribution is 2.21. The van der Waals surface area contributed by atoms with Crippen LogP contribution in [0.5, 0.6) is 0 Å². The summed E-state index contributed by atoms with van der Waals surface area (Å²) in [5.41, 5.74) is 3.86. The molecule has 0 saturated carbocycles. The first kappa shape index (κ1) is 15.8. The number of aryl methyl sites for hydroxylation is 2. The van der Waals surface area contributed by atoms with Gasteiger partial charge in [-0.15, -0.1) is 5.10 Å². The van der Waals surface area contributed by atoms with Gasteiger partial charge in [0.25, 0.3) is 0 Å². The molecule has 1 amide bonds. The molecule has 1 aromatic carbocycles. The quantitative estimate of drug-likeness (QED) is 0.729. The van der Waals surface area contributed by atoms with Gasteiger partial charge < -0.3 is 4.90 Å². The van der Waals surface area contributed by atoms with E-state index in [0.29, 0.717) is 0 Å². The second kappa shape index (κ2) is 6.31. The number of fused-ring (bicyclic) bond motifs is 1. The van der Waals surface area contributed by atoms with Crippen molar-refractivity contribution in [2.24, 2.45) is 0 Å². The van der Waals surface area contributed by atoms with Crippen LogP contribution in [0.15, 0.2) is 30.3 Å². The van der Waals surface area contributed by atoms with Crippen molar-refractivity contribution in [1.82, 2.24) is 29.7 Å². The summed E-state index contributed by atoms with van der Waals surface area (Å²) in [5, 5.41) is 12.8. The molecule has 0 radical (unpaired) electrons. The molecule has 0 N–H and O–H groups in total. The number of aromatic nitrogens is 5. The zero-order valence-electron chi connectivity index (χ0n) is 14.6. The fourth-order valence-corrected chi connectivity index (χ4v) is 3.67. The molecule has 0 spiro atoms. The summed E-state index contributed by atoms with van der Waals surface area (Å²) in [6, 6.07) is 9.98. The Morgan fingerprint density at radius 1 is 1.24 bits per heavy atom. The van der Waals surface area contributed by atoms with E-state index in [1.807, 2.05) is 40.8 Å². The number of likely N-dealkylation sites (tertiary alicyclic amines) is 1. The lowest BCUT2D eigenvalue weighted by Gasteiger charge is -2.25. The minimum Gasteiger partial charge on any atom is -0.336 e. The summed E-state index contributed by atoms with van der Waals surface area (Å²) in [5.74, 6) is 0.0969. The highest BCUT2D eigenvalue weighted by molar-refractivity contribution is 5.80. The Bertz CT molecular complexity index is 911. The third kappa shape index (κ3) is 3.01. The smallest absolute Gasteiger partial charge is 0.244 e. The lowest BCUT2D eigenvalue weighted by atomic mass is 10.2. The van der Waals surface area contributed by atoms with Gasteiger partial charge in [0, 0.05) is 12.2 Å². The van der Waals surface area contributed by atoms with E-state index < -0.39 is 0 Å². The predicted octanol–water partition coefficient (Wildman–Crippen LogP) is 1.94. The van der Waals surface area contributed by atoms with Gasteiger partial charge in [0.05, 0.1) is 23.8 Å². The van der Waals surface area contributed by atoms with Crippen LogP contribution in [0, 0.1) is 13.8 Å². The van der Waals surface area contributed by atoms with Crippen LogP contribution in [0.25, 0.3) is 11.0 Å². The second-order valence-corrected chi connectivity index (χ2v) is 6.73. The molecule has 0 unspecified atom stereocenters. The lowest BCUT2D eigenvalue weighted by Crippen LogP contribution is -2.40. The van der Waals surface area contributed by atoms with Crippen molar-refractivity contribution in [2.75, 3.05) is 6.54 Å². The van der Waals surface area contributed by atoms with Gasteiger partial charge in [-0.25, -0.2) is 4.68 Å². The number of carbonyl (C=O) groups is 1. The normalized spacial score (nSPS) is 17.5. The molecule has 7 heteroatoms. The Hall–Kier alpha value is -2.70. The van der Waals surface area contributed by atoms with Gasteiger partial charge in [-0.1, -0.05) is 17.3 Å². The molecule has 1 aliphatic rings. The van der Waals surface area contributed by atoms with Crippen molar-refractivity contribution < 1.29 is 4.79 Å². The van der Waals surface area contributed by atoms with Gasteiger partial charge >= 0.3 is 0 Å². The SMILES string of the molecule is Cc1cc(C)n(C[C@H]2CCCN2C(=O)Cn2nnc3ccccc32)n1. The molecular formula is C18H22N6O. The van der Waals surface area contributed by atoms with Crippen LogP contribution >= 0.6 is 0 Å². The number of rotatable bonds is 4. The highest BCUT2D eigenvalue weighted by Gasteiger charge is 2.30. The van der Waals surface area contributed by atoms with Gasteiger partial charge in [0.15, 0.2) is 0 Å². The maximum atomic E-state index is 12.9. The molecule has 3 heterocycles. The van der Waals surface area contributed by atoms with E-state index in [0.717, 1.165) is 48.4 Å². The molecule has 1 fully saturated rings. The zero-order chi connectivity index (χ0) is 17.4. The van der Waals surface area contributed by atoms with E-state index in [4.69, 9.17) is 0 Å². The van der Waals surface area contributed by atoms with E-state index in [9.17, 15) is 4.79 Å². The monoisotopic (exact) mass is 338 g/mol. The molecule has 25 heavy (non-hydrogen) atoms. The second-order valence-electron chi connectivity index (χ2n) is 6.73. The molecule has 1 aliphatic heterocycles. The molecule has 130 valence electrons. The third-order valence-corrected chi connectivity index (χ3v) is 4.89. The van der Waals surface area contributed by atoms with E-state index in [2.05, 4.69) is 28.4 Å². The topological polar surface area (TPSA) is 68.8 Å². The molecule has 0 aliphatic carbocycles. The average molecular weight is 338 g/mol. The van der Waals surface area contributed by atoms with Gasteiger partial charge in [-0.05, 0) is 44.9 Å². The van der Waals surface area contributed by atoms with Crippen molar-refractivity contribution >= 4 is 16.9 Å². The number of nitrogens with zero attached hydrogens (tertiary/aromatic N) is 6. The van der Waals surface area contributed by atoms with Crippen LogP contribution in [0.4, 0.5) is 0 Å². The Balaban J connectivity index is 1.50. The van der Waals surface area contributed by atoms with Crippen LogP contribution in [0.2, 0.25) is 0 Å². The van der Waals surface area contributed by atoms with E-state index in [1.54, 1.807) is 4.68 Å². The van der Waals surface area contributed by atoms with Crippen LogP contribution < -0.4 is 0 Å². The third-order valence-electron chi connectivity index (χ3n) is 4.89. The molecule has 7 nitrogen and oxygen atoms in total. The fraction of sp³-hybridized carbons (Fsp3) is 0.444. The van der Waals surface area contributed by atoms with Crippen molar-refractivity contribution in [3.05, 3.63) is 41.7 Å². The fourth-order valence-electron chi connectivity index (χ4n) is 3.67. The van der Waals surface area contributed by atoms with Gasteiger partial charge in [0.2, 0.25) is 5.91 Å². The van der Waals surface area contributed by atoms with Crippen molar-refractivity contribution in [1.29, 1.82) is 0 Å². The largest absolute Gasteiger partial charge is 0.336 e. The van der Waals surface area contributed by atoms with Gasteiger partial charge in [0.1, 0.15) is 12.1 Å². The number of para-hydroxylation sites is 1. The maximum Gasteiger partial charge on any atom is 0.244 e. The van der Waals surface area contributed by atoms with E-state index in [-0.39, 0.29) is 18.5 Å². The van der Waals surface area contributed by atoms with Crippen molar-refractivity contribution in [3.63, 3.8) is 0 Å². The van der Waals surface area contributed by atoms with Gasteiger partial charge in [-0.2, -0.15) is 5.10 Å². The maximum absolute atomic E-state index is 12.9. The number of hydrogen-bond acceptors (Lipinski definition) is 4. The van der Waals surface area contributed by atoms with Crippen LogP contribution in [-0.4, -0.2) is 48.2 Å². The molecule has 2 aromatic heterocycles. The Labute approximate surface area is 146 Å². The summed E-state index contributed by atoms with van der Waals surface area (Å²) in [4.78, 5) is 14.8. The Morgan fingerprint density at radius 2 is 2.08 bits per heavy atom. The van der Waals surface area contributed by atoms with Crippen LogP contribution in [0.1, 0.15) is 24.2 Å². The number of amides is 1. The number of hydrogen-bond donors (Lipinski definition) is 0. The average Bonchev–Trinajstić information content (AvgIpc) is 3.28. The Kier molecular flexibility index (Phi) is 3.99. The Morgan fingerprint density at radius 3 is 2.88 bits per heavy atom. The number of benzene rings is 1. The standard InChI is InChI=1S/C18H22N6O/c1-13-10-14(2)23(20-13)11-15-6-5-9-22(15)18(25)12-24-17-8-4-3-7-16(17)19-21-24/h3-4,7-8,10,15H,5-6,9,11-12H2,1-2H3/t15-/m1/s1. The van der Waals surface area contributed by atoms with E-state index in [1.165, 1.54) is 0 Å². The van der Waals surface area contributed by atoms with Crippen LogP contribution in [-0.2, 0) is 17.9 Å². The first-order chi connectivity index (χ1) is 12.1. The molecule has 0 bridgehead atoms. The summed E-state index contributed by atoms with van der Waals surface area (Å²) in [6.07, 6.45) is 2.05. The zero-order valence-corrected chi connectivity index (χ0v) is 14.6. The highest BCUT2D eigenvalue weighted by atomic mass is 16.2. The van der Waals surface area contributed by atoms with Gasteiger partial charge in [-0.3, -0.25) is 9.48 Å². The predicted molar refractivity (Wildman–Crippen MR) is 94.0 cm³/mol. The van der Waals surface area contributed by atoms with E-state index >= 15 is 0 Å². The summed E-state index contributed by atoms with van der Waals surface area (Å²) < 4.78 is 3.70. The summed E-state index contributed by atoms with van der Waals surface area (Å²) >= 11 is 0. The molecular weight excluding hydrogens is 316 g/mol. The lowest BCUT2D eigenvalue weighted by molar-refractivity contribution is -0.133. The molecule has 3 aromatic rings. The molecule has 1 saturated heterocycles. The minimum atomic E-state index is 0.0969. The first-order valence-electron chi connectivity index (χ1n) is 8.70. The summed E-state index contributed by atoms with van der Waals surface area (Å²) in [7, 11) is 0. The molecule has 1 atom stereocenters. The van der Waals surface area contributed by atoms with Crippen LogP contribution in [0.3, 0.4) is 0 Å². The number of carbonyl (C=O) groups excluding carboxylic acids is 1. The summed E-state index contributed by atoms with van der Waals surface area (Å²) in [6.45, 7) is 5.84.